The minimum atomic E-state index is -0.779. The van der Waals surface area contributed by atoms with Gasteiger partial charge in [-0.1, -0.05) is 11.6 Å². The highest BCUT2D eigenvalue weighted by Gasteiger charge is 2.18. The van der Waals surface area contributed by atoms with Crippen LogP contribution in [0.1, 0.15) is 30.0 Å². The third-order valence-corrected chi connectivity index (χ3v) is 5.53. The van der Waals surface area contributed by atoms with Gasteiger partial charge in [0, 0.05) is 17.3 Å². The number of imidazole rings is 1. The first kappa shape index (κ1) is 21.9. The van der Waals surface area contributed by atoms with Gasteiger partial charge < -0.3 is 10.4 Å². The van der Waals surface area contributed by atoms with Gasteiger partial charge in [0.05, 0.1) is 28.5 Å². The maximum Gasteiger partial charge on any atom is 0.161 e. The van der Waals surface area contributed by atoms with Gasteiger partial charge in [-0.2, -0.15) is 10.2 Å². The number of nitrogens with one attached hydrogen (secondary N) is 1. The predicted octanol–water partition coefficient (Wildman–Crippen LogP) is 4.60. The van der Waals surface area contributed by atoms with Crippen molar-refractivity contribution >= 4 is 34.1 Å². The van der Waals surface area contributed by atoms with Crippen LogP contribution in [0.15, 0.2) is 48.8 Å². The summed E-state index contributed by atoms with van der Waals surface area (Å²) in [5, 5.41) is 25.9. The summed E-state index contributed by atoms with van der Waals surface area (Å²) in [5.41, 5.74) is 3.42. The van der Waals surface area contributed by atoms with Gasteiger partial charge in [-0.3, -0.25) is 4.57 Å². The van der Waals surface area contributed by atoms with Crippen LogP contribution in [0.25, 0.3) is 22.7 Å². The Bertz CT molecular complexity index is 1510. The third kappa shape index (κ3) is 3.97. The molecule has 4 aromatic heterocycles. The van der Waals surface area contributed by atoms with Crippen LogP contribution >= 0.6 is 11.6 Å². The van der Waals surface area contributed by atoms with Gasteiger partial charge in [0.1, 0.15) is 18.0 Å². The first-order valence-electron chi connectivity index (χ1n) is 10.5. The Labute approximate surface area is 198 Å². The average molecular weight is 479 g/mol. The van der Waals surface area contributed by atoms with Crippen molar-refractivity contribution in [2.45, 2.75) is 26.9 Å². The molecule has 2 N–H and O–H groups in total. The molecule has 0 spiro atoms. The Morgan fingerprint density at radius 1 is 1.09 bits per heavy atom. The zero-order valence-corrected chi connectivity index (χ0v) is 19.3. The predicted molar refractivity (Wildman–Crippen MR) is 126 cm³/mol. The van der Waals surface area contributed by atoms with E-state index in [4.69, 9.17) is 16.6 Å². The van der Waals surface area contributed by atoms with Crippen molar-refractivity contribution in [3.63, 3.8) is 0 Å². The van der Waals surface area contributed by atoms with Crippen molar-refractivity contribution in [1.82, 2.24) is 34.5 Å². The Hall–Kier alpha value is -3.89. The minimum Gasteiger partial charge on any atom is -0.389 e. The fraction of sp³-hybridized carbons (Fsp3) is 0.174. The van der Waals surface area contributed by atoms with Gasteiger partial charge in [-0.05, 0) is 57.2 Å². The molecule has 5 aromatic rings. The molecule has 0 aliphatic carbocycles. The first-order chi connectivity index (χ1) is 16.3. The SMILES string of the molecule is Cc1ccc(Nc2cc3c(cc2F)ncn3-c2ccc(C(C)O)c(-n3nc(Cl)cc3C)n2)nn1. The number of fused-ring (bicyclic) bond motifs is 1. The summed E-state index contributed by atoms with van der Waals surface area (Å²) in [6.07, 6.45) is 0.787. The second kappa shape index (κ2) is 8.47. The van der Waals surface area contributed by atoms with E-state index in [1.165, 1.54) is 6.07 Å². The Morgan fingerprint density at radius 2 is 1.91 bits per heavy atom. The number of aliphatic hydroxyl groups excluding tert-OH is 1. The number of nitrogens with zero attached hydrogens (tertiary/aromatic N) is 7. The number of aromatic nitrogens is 7. The normalized spacial score (nSPS) is 12.3. The maximum atomic E-state index is 14.7. The molecule has 34 heavy (non-hydrogen) atoms. The molecule has 4 heterocycles. The molecule has 0 bridgehead atoms. The van der Waals surface area contributed by atoms with E-state index in [1.54, 1.807) is 58.9 Å². The van der Waals surface area contributed by atoms with Gasteiger partial charge in [0.2, 0.25) is 0 Å². The number of benzene rings is 1. The lowest BCUT2D eigenvalue weighted by atomic mass is 10.1. The molecule has 0 amide bonds. The highest BCUT2D eigenvalue weighted by atomic mass is 35.5. The molecular weight excluding hydrogens is 459 g/mol. The van der Waals surface area contributed by atoms with E-state index in [9.17, 15) is 9.50 Å². The highest BCUT2D eigenvalue weighted by Crippen LogP contribution is 2.28. The molecule has 172 valence electrons. The van der Waals surface area contributed by atoms with E-state index < -0.39 is 11.9 Å². The summed E-state index contributed by atoms with van der Waals surface area (Å²) in [6, 6.07) is 11.7. The highest BCUT2D eigenvalue weighted by molar-refractivity contribution is 6.29. The summed E-state index contributed by atoms with van der Waals surface area (Å²) < 4.78 is 18.1. The van der Waals surface area contributed by atoms with Crippen molar-refractivity contribution in [1.29, 1.82) is 0 Å². The van der Waals surface area contributed by atoms with E-state index >= 15 is 0 Å². The lowest BCUT2D eigenvalue weighted by molar-refractivity contribution is 0.198. The van der Waals surface area contributed by atoms with Gasteiger partial charge in [-0.25, -0.2) is 19.0 Å². The number of hydrogen-bond donors (Lipinski definition) is 2. The fourth-order valence-corrected chi connectivity index (χ4v) is 3.88. The summed E-state index contributed by atoms with van der Waals surface area (Å²) >= 11 is 6.08. The standard InChI is InChI=1S/C23H20ClFN8O/c1-12-4-6-21(30-29-12)27-17-10-19-18(9-16(17)25)26-11-32(19)22-7-5-15(14(3)34)23(28-22)33-13(2)8-20(24)31-33/h4-11,14,34H,1-3H3,(H,27,30). The van der Waals surface area contributed by atoms with Gasteiger partial charge >= 0.3 is 0 Å². The Balaban J connectivity index is 1.62. The molecule has 0 fully saturated rings. The number of halogens is 2. The van der Waals surface area contributed by atoms with Crippen LogP contribution < -0.4 is 5.32 Å². The van der Waals surface area contributed by atoms with Crippen molar-refractivity contribution in [3.05, 3.63) is 76.7 Å². The van der Waals surface area contributed by atoms with Crippen LogP contribution in [0.4, 0.5) is 15.9 Å². The van der Waals surface area contributed by atoms with E-state index in [0.29, 0.717) is 39.2 Å². The quantitative estimate of drug-likeness (QED) is 0.380. The fourth-order valence-electron chi connectivity index (χ4n) is 3.64. The molecule has 5 rings (SSSR count). The molecule has 0 aliphatic rings. The van der Waals surface area contributed by atoms with E-state index in [1.807, 2.05) is 13.8 Å². The van der Waals surface area contributed by atoms with Gasteiger partial charge in [0.15, 0.2) is 16.8 Å². The van der Waals surface area contributed by atoms with Crippen LogP contribution in [0.5, 0.6) is 0 Å². The summed E-state index contributed by atoms with van der Waals surface area (Å²) in [5.74, 6) is 0.900. The lowest BCUT2D eigenvalue weighted by Gasteiger charge is -2.15. The molecule has 0 aliphatic heterocycles. The molecule has 1 atom stereocenters. The van der Waals surface area contributed by atoms with Crippen LogP contribution in [-0.2, 0) is 0 Å². The number of rotatable bonds is 5. The molecule has 0 saturated heterocycles. The number of aliphatic hydroxyl groups is 1. The number of hydrogen-bond acceptors (Lipinski definition) is 7. The number of aryl methyl sites for hydroxylation is 2. The second-order valence-corrected chi connectivity index (χ2v) is 8.29. The van der Waals surface area contributed by atoms with Crippen LogP contribution in [0, 0.1) is 19.7 Å². The average Bonchev–Trinajstić information content (AvgIpc) is 3.36. The molecule has 1 aromatic carbocycles. The largest absolute Gasteiger partial charge is 0.389 e. The number of anilines is 2. The van der Waals surface area contributed by atoms with E-state index in [0.717, 1.165) is 11.4 Å². The molecule has 0 saturated carbocycles. The first-order valence-corrected chi connectivity index (χ1v) is 10.8. The monoisotopic (exact) mass is 478 g/mol. The van der Waals surface area contributed by atoms with Crippen LogP contribution in [0.3, 0.4) is 0 Å². The third-order valence-electron chi connectivity index (χ3n) is 5.34. The molecule has 1 unspecified atom stereocenters. The van der Waals surface area contributed by atoms with E-state index in [-0.39, 0.29) is 5.69 Å². The minimum absolute atomic E-state index is 0.225. The van der Waals surface area contributed by atoms with Gasteiger partial charge in [-0.15, -0.1) is 5.10 Å². The zero-order chi connectivity index (χ0) is 24.0. The van der Waals surface area contributed by atoms with Crippen molar-refractivity contribution in [2.75, 3.05) is 5.32 Å². The van der Waals surface area contributed by atoms with E-state index in [2.05, 4.69) is 25.6 Å². The lowest BCUT2D eigenvalue weighted by Crippen LogP contribution is -2.10. The molecule has 11 heteroatoms. The summed E-state index contributed by atoms with van der Waals surface area (Å²) in [7, 11) is 0. The molecular formula is C23H20ClFN8O. The molecule has 9 nitrogen and oxygen atoms in total. The number of pyridine rings is 1. The van der Waals surface area contributed by atoms with Crippen molar-refractivity contribution in [3.8, 4) is 11.6 Å². The van der Waals surface area contributed by atoms with Gasteiger partial charge in [0.25, 0.3) is 0 Å². The molecule has 0 radical (unpaired) electrons. The van der Waals surface area contributed by atoms with Crippen molar-refractivity contribution < 1.29 is 9.50 Å². The Morgan fingerprint density at radius 3 is 2.59 bits per heavy atom. The summed E-state index contributed by atoms with van der Waals surface area (Å²) in [6.45, 7) is 5.33. The Kier molecular flexibility index (Phi) is 5.46. The maximum absolute atomic E-state index is 14.7. The zero-order valence-electron chi connectivity index (χ0n) is 18.5. The summed E-state index contributed by atoms with van der Waals surface area (Å²) in [4.78, 5) is 9.08. The second-order valence-electron chi connectivity index (χ2n) is 7.90. The van der Waals surface area contributed by atoms with Crippen LogP contribution in [-0.4, -0.2) is 39.6 Å². The smallest absolute Gasteiger partial charge is 0.161 e. The van der Waals surface area contributed by atoms with Crippen molar-refractivity contribution in [2.24, 2.45) is 0 Å². The topological polar surface area (TPSA) is 107 Å². The van der Waals surface area contributed by atoms with Crippen LogP contribution in [0.2, 0.25) is 5.15 Å².